The van der Waals surface area contributed by atoms with E-state index in [1.54, 1.807) is 0 Å². The molecule has 0 aliphatic heterocycles. The van der Waals surface area contributed by atoms with Gasteiger partial charge in [-0.05, 0) is 25.1 Å². The second-order valence-electron chi connectivity index (χ2n) is 6.68. The molecule has 3 rings (SSSR count). The summed E-state index contributed by atoms with van der Waals surface area (Å²) in [6, 6.07) is 2.96. The first-order valence-corrected chi connectivity index (χ1v) is 10.9. The summed E-state index contributed by atoms with van der Waals surface area (Å²) in [6.45, 7) is 2.51. The first-order valence-electron chi connectivity index (χ1n) is 9.23. The van der Waals surface area contributed by atoms with Crippen molar-refractivity contribution in [3.63, 3.8) is 0 Å². The molecule has 3 aromatic heterocycles. The van der Waals surface area contributed by atoms with Crippen LogP contribution in [0.4, 0.5) is 23.8 Å². The maximum atomic E-state index is 13.5. The summed E-state index contributed by atoms with van der Waals surface area (Å²) in [6.07, 6.45) is -6.28. The van der Waals surface area contributed by atoms with Gasteiger partial charge in [0.05, 0.1) is 16.2 Å². The first kappa shape index (κ1) is 23.2. The van der Waals surface area contributed by atoms with Gasteiger partial charge in [-0.1, -0.05) is 6.92 Å². The largest absolute Gasteiger partial charge is 0.465 e. The number of halogens is 3. The van der Waals surface area contributed by atoms with E-state index in [0.29, 0.717) is 10.6 Å². The van der Waals surface area contributed by atoms with Crippen molar-refractivity contribution in [2.24, 2.45) is 7.05 Å². The molecule has 3 aromatic rings. The SMILES string of the molecule is CCn1c(C(F)(F)F)cc2nc(-c3nc(NC(=O)O)ccc3S(=O)(=O)CC)n(C)c2c1=O. The van der Waals surface area contributed by atoms with E-state index in [4.69, 9.17) is 5.11 Å². The highest BCUT2D eigenvalue weighted by Gasteiger charge is 2.36. The number of aromatic nitrogens is 4. The maximum Gasteiger partial charge on any atom is 0.431 e. The highest BCUT2D eigenvalue weighted by molar-refractivity contribution is 7.91. The number of carbonyl (C=O) groups is 1. The van der Waals surface area contributed by atoms with Crippen LogP contribution in [-0.2, 0) is 29.6 Å². The van der Waals surface area contributed by atoms with Crippen LogP contribution in [0.15, 0.2) is 27.9 Å². The molecule has 0 fully saturated rings. The predicted octanol–water partition coefficient (Wildman–Crippen LogP) is 2.72. The monoisotopic (exact) mass is 473 g/mol. The van der Waals surface area contributed by atoms with Crippen molar-refractivity contribution in [2.45, 2.75) is 31.5 Å². The Morgan fingerprint density at radius 1 is 1.22 bits per heavy atom. The van der Waals surface area contributed by atoms with Gasteiger partial charge in [0.1, 0.15) is 22.7 Å². The number of hydrogen-bond acceptors (Lipinski definition) is 6. The predicted molar refractivity (Wildman–Crippen MR) is 108 cm³/mol. The summed E-state index contributed by atoms with van der Waals surface area (Å²) in [5, 5.41) is 10.9. The molecule has 0 aliphatic carbocycles. The van der Waals surface area contributed by atoms with Crippen LogP contribution >= 0.6 is 0 Å². The van der Waals surface area contributed by atoms with Crippen molar-refractivity contribution < 1.29 is 31.5 Å². The molecule has 3 heterocycles. The highest BCUT2D eigenvalue weighted by atomic mass is 32.2. The van der Waals surface area contributed by atoms with Crippen molar-refractivity contribution >= 4 is 32.8 Å². The Bertz CT molecular complexity index is 1390. The molecule has 172 valence electrons. The number of amides is 1. The van der Waals surface area contributed by atoms with Gasteiger partial charge >= 0.3 is 12.3 Å². The number of anilines is 1. The van der Waals surface area contributed by atoms with E-state index in [-0.39, 0.29) is 45.6 Å². The van der Waals surface area contributed by atoms with Crippen molar-refractivity contribution in [1.29, 1.82) is 0 Å². The molecule has 2 N–H and O–H groups in total. The Balaban J connectivity index is 2.42. The molecular weight excluding hydrogens is 455 g/mol. The van der Waals surface area contributed by atoms with Gasteiger partial charge in [-0.2, -0.15) is 13.2 Å². The number of pyridine rings is 2. The summed E-state index contributed by atoms with van der Waals surface area (Å²) in [5.74, 6) is -0.755. The molecular formula is C18H18F3N5O5S. The van der Waals surface area contributed by atoms with Gasteiger partial charge in [-0.3, -0.25) is 10.1 Å². The fourth-order valence-electron chi connectivity index (χ4n) is 3.27. The molecule has 0 spiro atoms. The Kier molecular flexibility index (Phi) is 5.76. The fraction of sp³-hybridized carbons (Fsp3) is 0.333. The summed E-state index contributed by atoms with van der Waals surface area (Å²) in [5.41, 5.74) is -2.94. The third-order valence-electron chi connectivity index (χ3n) is 4.76. The minimum Gasteiger partial charge on any atom is -0.465 e. The molecule has 0 aliphatic rings. The molecule has 10 nitrogen and oxygen atoms in total. The lowest BCUT2D eigenvalue weighted by molar-refractivity contribution is -0.144. The average Bonchev–Trinajstić information content (AvgIpc) is 3.03. The zero-order valence-corrected chi connectivity index (χ0v) is 17.9. The lowest BCUT2D eigenvalue weighted by Crippen LogP contribution is -2.28. The quantitative estimate of drug-likeness (QED) is 0.581. The van der Waals surface area contributed by atoms with Crippen LogP contribution in [0.5, 0.6) is 0 Å². The molecule has 0 saturated carbocycles. The van der Waals surface area contributed by atoms with Crippen LogP contribution in [0.25, 0.3) is 22.6 Å². The van der Waals surface area contributed by atoms with Gasteiger partial charge in [-0.15, -0.1) is 0 Å². The smallest absolute Gasteiger partial charge is 0.431 e. The highest BCUT2D eigenvalue weighted by Crippen LogP contribution is 2.33. The molecule has 1 amide bonds. The lowest BCUT2D eigenvalue weighted by Gasteiger charge is -2.14. The van der Waals surface area contributed by atoms with Gasteiger partial charge in [0, 0.05) is 13.6 Å². The normalized spacial score (nSPS) is 12.3. The number of nitrogens with zero attached hydrogens (tertiary/aromatic N) is 4. The van der Waals surface area contributed by atoms with E-state index in [2.05, 4.69) is 9.97 Å². The number of fused-ring (bicyclic) bond motifs is 1. The van der Waals surface area contributed by atoms with Crippen LogP contribution in [0, 0.1) is 0 Å². The number of aryl methyl sites for hydroxylation is 1. The lowest BCUT2D eigenvalue weighted by atomic mass is 10.3. The Hall–Kier alpha value is -3.42. The van der Waals surface area contributed by atoms with Crippen molar-refractivity contribution in [3.05, 3.63) is 34.2 Å². The number of rotatable bonds is 5. The van der Waals surface area contributed by atoms with Crippen LogP contribution in [0.1, 0.15) is 19.5 Å². The minimum absolute atomic E-state index is 0.187. The van der Waals surface area contributed by atoms with Crippen molar-refractivity contribution in [2.75, 3.05) is 11.1 Å². The average molecular weight is 473 g/mol. The topological polar surface area (TPSA) is 136 Å². The molecule has 0 saturated heterocycles. The van der Waals surface area contributed by atoms with Gasteiger partial charge in [-0.25, -0.2) is 23.2 Å². The van der Waals surface area contributed by atoms with Gasteiger partial charge in [0.25, 0.3) is 5.56 Å². The van der Waals surface area contributed by atoms with E-state index in [9.17, 15) is 31.2 Å². The fourth-order valence-corrected chi connectivity index (χ4v) is 4.29. The zero-order valence-electron chi connectivity index (χ0n) is 17.1. The van der Waals surface area contributed by atoms with Crippen LogP contribution in [-0.4, -0.2) is 44.5 Å². The van der Waals surface area contributed by atoms with Gasteiger partial charge in [0.15, 0.2) is 15.7 Å². The molecule has 0 bridgehead atoms. The Labute approximate surface area is 179 Å². The minimum atomic E-state index is -4.82. The number of alkyl halides is 3. The van der Waals surface area contributed by atoms with Crippen LogP contribution < -0.4 is 10.9 Å². The third-order valence-corrected chi connectivity index (χ3v) is 6.52. The standard InChI is InChI=1S/C18H18F3N5O5S/c1-4-26-11(18(19,20)21)8-9-14(16(26)27)25(3)15(22-9)13-10(32(30,31)5-2)6-7-12(23-13)24-17(28)29/h6-8H,4-5H2,1-3H3,(H,23,24)(H,28,29). The molecule has 32 heavy (non-hydrogen) atoms. The molecule has 0 aromatic carbocycles. The van der Waals surface area contributed by atoms with E-state index >= 15 is 0 Å². The van der Waals surface area contributed by atoms with Gasteiger partial charge < -0.3 is 14.2 Å². The Morgan fingerprint density at radius 3 is 2.41 bits per heavy atom. The number of sulfone groups is 1. The number of carboxylic acid groups (broad SMARTS) is 1. The van der Waals surface area contributed by atoms with Crippen LogP contribution in [0.3, 0.4) is 0 Å². The second kappa shape index (κ2) is 7.93. The number of imidazole rings is 1. The molecule has 0 unspecified atom stereocenters. The Morgan fingerprint density at radius 2 is 1.88 bits per heavy atom. The van der Waals surface area contributed by atoms with Crippen molar-refractivity contribution in [1.82, 2.24) is 19.1 Å². The third kappa shape index (κ3) is 3.92. The first-order chi connectivity index (χ1) is 14.8. The van der Waals surface area contributed by atoms with Crippen LogP contribution in [0.2, 0.25) is 0 Å². The summed E-state index contributed by atoms with van der Waals surface area (Å²) in [7, 11) is -2.55. The van der Waals surface area contributed by atoms with E-state index in [1.807, 2.05) is 5.32 Å². The maximum absolute atomic E-state index is 13.5. The van der Waals surface area contributed by atoms with Gasteiger partial charge in [0.2, 0.25) is 0 Å². The second-order valence-corrected chi connectivity index (χ2v) is 8.93. The van der Waals surface area contributed by atoms with E-state index < -0.39 is 33.4 Å². The van der Waals surface area contributed by atoms with E-state index in [1.165, 1.54) is 20.9 Å². The summed E-state index contributed by atoms with van der Waals surface area (Å²) in [4.78, 5) is 31.6. The summed E-state index contributed by atoms with van der Waals surface area (Å²) < 4.78 is 67.2. The van der Waals surface area contributed by atoms with E-state index in [0.717, 1.165) is 16.7 Å². The molecule has 0 atom stereocenters. The number of hydrogen-bond donors (Lipinski definition) is 2. The molecule has 0 radical (unpaired) electrons. The summed E-state index contributed by atoms with van der Waals surface area (Å²) >= 11 is 0. The number of nitrogens with one attached hydrogen (secondary N) is 1. The zero-order chi connectivity index (χ0) is 24.0. The molecule has 14 heteroatoms. The van der Waals surface area contributed by atoms with Crippen molar-refractivity contribution in [3.8, 4) is 11.5 Å².